The number of hydrogen-bond donors (Lipinski definition) is 8. The van der Waals surface area contributed by atoms with Gasteiger partial charge in [0.15, 0.2) is 0 Å². The molecule has 0 aliphatic heterocycles. The lowest BCUT2D eigenvalue weighted by molar-refractivity contribution is -0.144. The van der Waals surface area contributed by atoms with Gasteiger partial charge in [-0.15, -0.1) is 0 Å². The molecule has 15 heteroatoms. The second-order valence-corrected chi connectivity index (χ2v) is 8.73. The summed E-state index contributed by atoms with van der Waals surface area (Å²) in [6, 6.07) is -4.92. The Bertz CT molecular complexity index is 953. The molecule has 0 aliphatic rings. The number of aromatic nitrogens is 2. The fourth-order valence-corrected chi connectivity index (χ4v) is 3.30. The van der Waals surface area contributed by atoms with Crippen LogP contribution in [0.15, 0.2) is 12.5 Å². The van der Waals surface area contributed by atoms with E-state index in [-0.39, 0.29) is 32.1 Å². The Morgan fingerprint density at radius 3 is 2.03 bits per heavy atom. The predicted molar refractivity (Wildman–Crippen MR) is 130 cm³/mol. The maximum atomic E-state index is 13.2. The van der Waals surface area contributed by atoms with Gasteiger partial charge in [0.2, 0.25) is 29.5 Å². The molecule has 11 N–H and O–H groups in total. The number of imidazole rings is 1. The van der Waals surface area contributed by atoms with E-state index in [0.717, 1.165) is 0 Å². The summed E-state index contributed by atoms with van der Waals surface area (Å²) in [6.45, 7) is 3.41. The number of H-pyrrole nitrogens is 1. The van der Waals surface area contributed by atoms with Crippen molar-refractivity contribution in [3.63, 3.8) is 0 Å². The highest BCUT2D eigenvalue weighted by atomic mass is 16.4. The minimum atomic E-state index is -1.32. The number of carboxylic acids is 1. The molecule has 0 saturated heterocycles. The zero-order valence-corrected chi connectivity index (χ0v) is 20.9. The van der Waals surface area contributed by atoms with E-state index in [1.807, 2.05) is 0 Å². The van der Waals surface area contributed by atoms with Crippen molar-refractivity contribution in [3.05, 3.63) is 18.2 Å². The first-order valence-electron chi connectivity index (χ1n) is 11.8. The molecule has 37 heavy (non-hydrogen) atoms. The van der Waals surface area contributed by atoms with Crippen LogP contribution in [0.2, 0.25) is 0 Å². The lowest BCUT2D eigenvalue weighted by atomic mass is 9.98. The third-order valence-electron chi connectivity index (χ3n) is 5.74. The van der Waals surface area contributed by atoms with E-state index >= 15 is 0 Å². The molecule has 1 aromatic heterocycles. The summed E-state index contributed by atoms with van der Waals surface area (Å²) in [5, 5.41) is 16.8. The summed E-state index contributed by atoms with van der Waals surface area (Å²) in [7, 11) is 0. The lowest BCUT2D eigenvalue weighted by Crippen LogP contribution is -2.58. The van der Waals surface area contributed by atoms with Crippen molar-refractivity contribution in [2.24, 2.45) is 23.1 Å². The molecule has 5 unspecified atom stereocenters. The second kappa shape index (κ2) is 15.2. The smallest absolute Gasteiger partial charge is 0.326 e. The molecule has 1 rings (SSSR count). The number of hydrogen-bond acceptors (Lipinski definition) is 8. The van der Waals surface area contributed by atoms with Gasteiger partial charge in [0, 0.05) is 31.2 Å². The molecule has 0 radical (unpaired) electrons. The minimum Gasteiger partial charge on any atom is -0.480 e. The molecule has 0 aromatic carbocycles. The summed E-state index contributed by atoms with van der Waals surface area (Å²) >= 11 is 0. The fraction of sp³-hybridized carbons (Fsp3) is 0.591. The maximum absolute atomic E-state index is 13.2. The Morgan fingerprint density at radius 2 is 1.51 bits per heavy atom. The molecular formula is C22H36N8O7. The van der Waals surface area contributed by atoms with Crippen LogP contribution in [0.25, 0.3) is 0 Å². The first-order chi connectivity index (χ1) is 17.3. The van der Waals surface area contributed by atoms with E-state index in [9.17, 15) is 33.9 Å². The van der Waals surface area contributed by atoms with Gasteiger partial charge in [-0.25, -0.2) is 9.78 Å². The standard InChI is InChI=1S/C22H36N8O7/c1-3-11(2)18(22(36)37)30-20(34)14(5-7-17(25)32)28-21(35)15(8-12-9-26-10-27-12)29-19(33)13(23)4-6-16(24)31/h9-11,13-15,18H,3-8,23H2,1-2H3,(H2,24,31)(H2,25,32)(H,26,27)(H,28,35)(H,29,33)(H,30,34)(H,36,37). The zero-order chi connectivity index (χ0) is 28.1. The van der Waals surface area contributed by atoms with Crippen LogP contribution >= 0.6 is 0 Å². The number of primary amides is 2. The van der Waals surface area contributed by atoms with E-state index in [1.54, 1.807) is 13.8 Å². The number of amides is 5. The third-order valence-corrected chi connectivity index (χ3v) is 5.74. The van der Waals surface area contributed by atoms with Crippen LogP contribution in [0.5, 0.6) is 0 Å². The van der Waals surface area contributed by atoms with E-state index < -0.39 is 65.6 Å². The highest BCUT2D eigenvalue weighted by molar-refractivity contribution is 5.94. The first-order valence-corrected chi connectivity index (χ1v) is 11.8. The number of aromatic amines is 1. The van der Waals surface area contributed by atoms with Gasteiger partial charge in [-0.3, -0.25) is 24.0 Å². The summed E-state index contributed by atoms with van der Waals surface area (Å²) in [5.74, 6) is -5.40. The summed E-state index contributed by atoms with van der Waals surface area (Å²) in [5.41, 5.74) is 16.6. The largest absolute Gasteiger partial charge is 0.480 e. The van der Waals surface area contributed by atoms with Crippen LogP contribution in [0, 0.1) is 5.92 Å². The van der Waals surface area contributed by atoms with Crippen molar-refractivity contribution < 1.29 is 33.9 Å². The molecular weight excluding hydrogens is 488 g/mol. The van der Waals surface area contributed by atoms with Crippen molar-refractivity contribution >= 4 is 35.5 Å². The highest BCUT2D eigenvalue weighted by Crippen LogP contribution is 2.10. The minimum absolute atomic E-state index is 0.0462. The Morgan fingerprint density at radius 1 is 0.946 bits per heavy atom. The molecule has 15 nitrogen and oxygen atoms in total. The number of carbonyl (C=O) groups excluding carboxylic acids is 5. The Hall–Kier alpha value is -4.01. The van der Waals surface area contributed by atoms with Gasteiger partial charge < -0.3 is 43.2 Å². The van der Waals surface area contributed by atoms with E-state index in [1.165, 1.54) is 12.5 Å². The van der Waals surface area contributed by atoms with Gasteiger partial charge in [0.1, 0.15) is 18.1 Å². The van der Waals surface area contributed by atoms with Gasteiger partial charge in [0.05, 0.1) is 12.4 Å². The van der Waals surface area contributed by atoms with Gasteiger partial charge >= 0.3 is 5.97 Å². The monoisotopic (exact) mass is 524 g/mol. The molecule has 5 atom stereocenters. The number of nitrogens with zero attached hydrogens (tertiary/aromatic N) is 1. The fourth-order valence-electron chi connectivity index (χ4n) is 3.30. The summed E-state index contributed by atoms with van der Waals surface area (Å²) < 4.78 is 0. The molecule has 0 bridgehead atoms. The molecule has 0 spiro atoms. The number of nitrogens with two attached hydrogens (primary N) is 3. The molecule has 206 valence electrons. The van der Waals surface area contributed by atoms with Gasteiger partial charge in [0.25, 0.3) is 0 Å². The average molecular weight is 525 g/mol. The zero-order valence-electron chi connectivity index (χ0n) is 20.9. The molecule has 1 heterocycles. The SMILES string of the molecule is CCC(C)C(NC(=O)C(CCC(N)=O)NC(=O)C(Cc1cnc[nH]1)NC(=O)C(N)CCC(N)=O)C(=O)O. The Kier molecular flexibility index (Phi) is 12.7. The number of carbonyl (C=O) groups is 6. The first kappa shape index (κ1) is 31.0. The maximum Gasteiger partial charge on any atom is 0.326 e. The van der Waals surface area contributed by atoms with Crippen LogP contribution in [0.3, 0.4) is 0 Å². The predicted octanol–water partition coefficient (Wildman–Crippen LogP) is -2.60. The summed E-state index contributed by atoms with van der Waals surface area (Å²) in [6.07, 6.45) is 2.54. The van der Waals surface area contributed by atoms with Gasteiger partial charge in [-0.05, 0) is 18.8 Å². The van der Waals surface area contributed by atoms with Crippen molar-refractivity contribution in [2.75, 3.05) is 0 Å². The number of carboxylic acid groups (broad SMARTS) is 1. The van der Waals surface area contributed by atoms with Crippen molar-refractivity contribution in [2.45, 2.75) is 76.5 Å². The van der Waals surface area contributed by atoms with Crippen molar-refractivity contribution in [3.8, 4) is 0 Å². The van der Waals surface area contributed by atoms with Crippen molar-refractivity contribution in [1.29, 1.82) is 0 Å². The number of rotatable bonds is 17. The highest BCUT2D eigenvalue weighted by Gasteiger charge is 2.32. The molecule has 0 saturated carbocycles. The van der Waals surface area contributed by atoms with Crippen LogP contribution in [-0.2, 0) is 35.2 Å². The van der Waals surface area contributed by atoms with Crippen LogP contribution < -0.4 is 33.2 Å². The quantitative estimate of drug-likeness (QED) is 0.106. The topological polar surface area (TPSA) is 265 Å². The van der Waals surface area contributed by atoms with Crippen molar-refractivity contribution in [1.82, 2.24) is 25.9 Å². The normalized spacial score (nSPS) is 14.9. The molecule has 5 amide bonds. The van der Waals surface area contributed by atoms with Gasteiger partial charge in [-0.2, -0.15) is 0 Å². The second-order valence-electron chi connectivity index (χ2n) is 8.73. The molecule has 1 aromatic rings. The lowest BCUT2D eigenvalue weighted by Gasteiger charge is -2.26. The third kappa shape index (κ3) is 11.1. The van der Waals surface area contributed by atoms with E-state index in [2.05, 4.69) is 25.9 Å². The van der Waals surface area contributed by atoms with E-state index in [4.69, 9.17) is 17.2 Å². The van der Waals surface area contributed by atoms with Crippen LogP contribution in [0.4, 0.5) is 0 Å². The summed E-state index contributed by atoms with van der Waals surface area (Å²) in [4.78, 5) is 79.3. The average Bonchev–Trinajstić information content (AvgIpc) is 3.34. The van der Waals surface area contributed by atoms with E-state index in [0.29, 0.717) is 12.1 Å². The number of nitrogens with one attached hydrogen (secondary N) is 4. The number of aliphatic carboxylic acids is 1. The Labute approximate surface area is 213 Å². The van der Waals surface area contributed by atoms with Gasteiger partial charge in [-0.1, -0.05) is 20.3 Å². The molecule has 0 fully saturated rings. The van der Waals surface area contributed by atoms with Crippen LogP contribution in [-0.4, -0.2) is 74.7 Å². The molecule has 0 aliphatic carbocycles. The van der Waals surface area contributed by atoms with Crippen LogP contribution in [0.1, 0.15) is 51.6 Å². The Balaban J connectivity index is 3.09.